The molecule has 0 aliphatic carbocycles. The first kappa shape index (κ1) is 15.4. The summed E-state index contributed by atoms with van der Waals surface area (Å²) in [4.78, 5) is 29.8. The molecule has 1 saturated heterocycles. The first-order valence-corrected chi connectivity index (χ1v) is 7.08. The number of rotatable bonds is 4. The Labute approximate surface area is 123 Å². The van der Waals surface area contributed by atoms with E-state index >= 15 is 0 Å². The van der Waals surface area contributed by atoms with Crippen molar-refractivity contribution in [3.8, 4) is 0 Å². The van der Waals surface area contributed by atoms with Gasteiger partial charge in [-0.05, 0) is 31.5 Å². The van der Waals surface area contributed by atoms with E-state index in [1.807, 2.05) is 6.07 Å². The number of nitrogens with zero attached hydrogens (tertiary/aromatic N) is 2. The first-order valence-electron chi connectivity index (χ1n) is 7.08. The minimum atomic E-state index is -0.418. The van der Waals surface area contributed by atoms with Crippen LogP contribution in [0, 0.1) is 0 Å². The van der Waals surface area contributed by atoms with Gasteiger partial charge in [0.15, 0.2) is 0 Å². The lowest BCUT2D eigenvalue weighted by Gasteiger charge is -2.34. The van der Waals surface area contributed by atoms with Gasteiger partial charge in [-0.2, -0.15) is 0 Å². The van der Waals surface area contributed by atoms with E-state index in [0.29, 0.717) is 6.54 Å². The molecule has 1 unspecified atom stereocenters. The standard InChI is InChI=1S/C14H21N5O2/c1-16-14(21)12-7-2-3-8-19(12)9-10-5-4-6-11(17-10)13(20)18-15/h4-6,12H,2-3,7-9,15H2,1H3,(H,16,21)(H,18,20). The van der Waals surface area contributed by atoms with Crippen LogP contribution in [0.25, 0.3) is 0 Å². The number of piperidine rings is 1. The number of hydrazine groups is 1. The molecule has 4 N–H and O–H groups in total. The zero-order valence-corrected chi connectivity index (χ0v) is 12.1. The van der Waals surface area contributed by atoms with Gasteiger partial charge >= 0.3 is 0 Å². The maximum absolute atomic E-state index is 11.9. The topological polar surface area (TPSA) is 100 Å². The highest BCUT2D eigenvalue weighted by Crippen LogP contribution is 2.19. The van der Waals surface area contributed by atoms with E-state index in [2.05, 4.69) is 20.6 Å². The van der Waals surface area contributed by atoms with Crippen molar-refractivity contribution in [3.63, 3.8) is 0 Å². The molecule has 0 aromatic carbocycles. The van der Waals surface area contributed by atoms with Crippen LogP contribution >= 0.6 is 0 Å². The van der Waals surface area contributed by atoms with E-state index in [0.717, 1.165) is 31.5 Å². The predicted octanol–water partition coefficient (Wildman–Crippen LogP) is -0.214. The van der Waals surface area contributed by atoms with Crippen molar-refractivity contribution in [1.82, 2.24) is 20.6 Å². The van der Waals surface area contributed by atoms with Crippen LogP contribution in [-0.4, -0.2) is 41.3 Å². The first-order chi connectivity index (χ1) is 10.2. The Hall–Kier alpha value is -1.99. The number of nitrogens with one attached hydrogen (secondary N) is 2. The molecule has 1 aliphatic heterocycles. The highest BCUT2D eigenvalue weighted by Gasteiger charge is 2.28. The lowest BCUT2D eigenvalue weighted by atomic mass is 10.0. The van der Waals surface area contributed by atoms with Crippen LogP contribution in [0.4, 0.5) is 0 Å². The van der Waals surface area contributed by atoms with Crippen molar-refractivity contribution in [1.29, 1.82) is 0 Å². The normalized spacial score (nSPS) is 19.0. The molecular formula is C14H21N5O2. The van der Waals surface area contributed by atoms with Crippen molar-refractivity contribution >= 4 is 11.8 Å². The summed E-state index contributed by atoms with van der Waals surface area (Å²) in [5.41, 5.74) is 3.11. The summed E-state index contributed by atoms with van der Waals surface area (Å²) in [5, 5.41) is 2.71. The molecular weight excluding hydrogens is 270 g/mol. The lowest BCUT2D eigenvalue weighted by Crippen LogP contribution is -2.48. The maximum atomic E-state index is 11.9. The summed E-state index contributed by atoms with van der Waals surface area (Å²) < 4.78 is 0. The predicted molar refractivity (Wildman–Crippen MR) is 78.0 cm³/mol. The Morgan fingerprint density at radius 3 is 2.95 bits per heavy atom. The fourth-order valence-electron chi connectivity index (χ4n) is 2.62. The van der Waals surface area contributed by atoms with E-state index in [1.165, 1.54) is 0 Å². The van der Waals surface area contributed by atoms with Crippen LogP contribution in [0.2, 0.25) is 0 Å². The van der Waals surface area contributed by atoms with E-state index in [4.69, 9.17) is 5.84 Å². The summed E-state index contributed by atoms with van der Waals surface area (Å²) in [6.07, 6.45) is 2.97. The Balaban J connectivity index is 2.12. The van der Waals surface area contributed by atoms with Crippen LogP contribution in [0.1, 0.15) is 35.4 Å². The molecule has 0 radical (unpaired) electrons. The molecule has 1 aliphatic rings. The number of hydrogen-bond donors (Lipinski definition) is 3. The van der Waals surface area contributed by atoms with Gasteiger partial charge in [-0.1, -0.05) is 12.5 Å². The summed E-state index contributed by atoms with van der Waals surface area (Å²) >= 11 is 0. The average Bonchev–Trinajstić information content (AvgIpc) is 2.54. The largest absolute Gasteiger partial charge is 0.358 e. The highest BCUT2D eigenvalue weighted by molar-refractivity contribution is 5.91. The lowest BCUT2D eigenvalue weighted by molar-refractivity contribution is -0.127. The molecule has 0 spiro atoms. The van der Waals surface area contributed by atoms with Gasteiger partial charge in [-0.3, -0.25) is 19.9 Å². The van der Waals surface area contributed by atoms with Gasteiger partial charge in [0.1, 0.15) is 5.69 Å². The zero-order chi connectivity index (χ0) is 15.2. The Morgan fingerprint density at radius 1 is 1.43 bits per heavy atom. The second kappa shape index (κ2) is 7.14. The number of likely N-dealkylation sites (tertiary alicyclic amines) is 1. The molecule has 7 nitrogen and oxygen atoms in total. The molecule has 1 aromatic rings. The van der Waals surface area contributed by atoms with Crippen molar-refractivity contribution in [2.45, 2.75) is 31.8 Å². The van der Waals surface area contributed by atoms with E-state index in [1.54, 1.807) is 19.2 Å². The van der Waals surface area contributed by atoms with Crippen LogP contribution in [0.5, 0.6) is 0 Å². The number of hydrogen-bond acceptors (Lipinski definition) is 5. The second-order valence-electron chi connectivity index (χ2n) is 5.08. The van der Waals surface area contributed by atoms with Gasteiger partial charge in [0.2, 0.25) is 5.91 Å². The molecule has 21 heavy (non-hydrogen) atoms. The minimum absolute atomic E-state index is 0.0329. The molecule has 0 saturated carbocycles. The van der Waals surface area contributed by atoms with E-state index in [9.17, 15) is 9.59 Å². The van der Waals surface area contributed by atoms with Gasteiger partial charge in [-0.15, -0.1) is 0 Å². The number of nitrogens with two attached hydrogens (primary N) is 1. The molecule has 1 fully saturated rings. The number of nitrogen functional groups attached to an aromatic ring is 1. The van der Waals surface area contributed by atoms with Crippen LogP contribution < -0.4 is 16.6 Å². The van der Waals surface area contributed by atoms with E-state index in [-0.39, 0.29) is 17.6 Å². The second-order valence-corrected chi connectivity index (χ2v) is 5.08. The number of aromatic nitrogens is 1. The molecule has 1 aromatic heterocycles. The summed E-state index contributed by atoms with van der Waals surface area (Å²) in [6.45, 7) is 1.40. The Bertz CT molecular complexity index is 520. The maximum Gasteiger partial charge on any atom is 0.283 e. The van der Waals surface area contributed by atoms with Gasteiger partial charge in [-0.25, -0.2) is 10.8 Å². The average molecular weight is 291 g/mol. The molecule has 2 heterocycles. The van der Waals surface area contributed by atoms with Crippen molar-refractivity contribution < 1.29 is 9.59 Å². The Morgan fingerprint density at radius 2 is 2.24 bits per heavy atom. The van der Waals surface area contributed by atoms with Gasteiger partial charge in [0.25, 0.3) is 5.91 Å². The summed E-state index contributed by atoms with van der Waals surface area (Å²) in [7, 11) is 1.65. The molecule has 7 heteroatoms. The van der Waals surface area contributed by atoms with Crippen LogP contribution in [0.15, 0.2) is 18.2 Å². The fraction of sp³-hybridized carbons (Fsp3) is 0.500. The minimum Gasteiger partial charge on any atom is -0.358 e. The Kier molecular flexibility index (Phi) is 5.24. The fourth-order valence-corrected chi connectivity index (χ4v) is 2.62. The monoisotopic (exact) mass is 291 g/mol. The van der Waals surface area contributed by atoms with Crippen molar-refractivity contribution in [3.05, 3.63) is 29.6 Å². The molecule has 1 atom stereocenters. The number of carbonyl (C=O) groups excluding carboxylic acids is 2. The van der Waals surface area contributed by atoms with Crippen LogP contribution in [-0.2, 0) is 11.3 Å². The number of amides is 2. The molecule has 2 amide bonds. The van der Waals surface area contributed by atoms with Crippen molar-refractivity contribution in [2.24, 2.45) is 5.84 Å². The number of pyridine rings is 1. The van der Waals surface area contributed by atoms with Gasteiger partial charge < -0.3 is 5.32 Å². The zero-order valence-electron chi connectivity index (χ0n) is 12.1. The summed E-state index contributed by atoms with van der Waals surface area (Å²) in [5.74, 6) is 4.73. The third kappa shape index (κ3) is 3.77. The van der Waals surface area contributed by atoms with E-state index < -0.39 is 5.91 Å². The summed E-state index contributed by atoms with van der Waals surface area (Å²) in [6, 6.07) is 5.10. The SMILES string of the molecule is CNC(=O)C1CCCCN1Cc1cccc(C(=O)NN)n1. The molecule has 0 bridgehead atoms. The third-order valence-corrected chi connectivity index (χ3v) is 3.70. The van der Waals surface area contributed by atoms with Crippen LogP contribution in [0.3, 0.4) is 0 Å². The highest BCUT2D eigenvalue weighted by atomic mass is 16.2. The van der Waals surface area contributed by atoms with Gasteiger partial charge in [0.05, 0.1) is 11.7 Å². The molecule has 2 rings (SSSR count). The molecule has 114 valence electrons. The number of carbonyl (C=O) groups is 2. The third-order valence-electron chi connectivity index (χ3n) is 3.70. The van der Waals surface area contributed by atoms with Gasteiger partial charge in [0, 0.05) is 13.6 Å². The smallest absolute Gasteiger partial charge is 0.283 e. The quantitative estimate of drug-likeness (QED) is 0.405. The number of likely N-dealkylation sites (N-methyl/N-ethyl adjacent to an activating group) is 1. The van der Waals surface area contributed by atoms with Crippen molar-refractivity contribution in [2.75, 3.05) is 13.6 Å².